The van der Waals surface area contributed by atoms with E-state index in [9.17, 15) is 4.39 Å². The van der Waals surface area contributed by atoms with E-state index in [1.54, 1.807) is 17.4 Å². The first-order valence-corrected chi connectivity index (χ1v) is 11.5. The second-order valence-corrected chi connectivity index (χ2v) is 8.54. The van der Waals surface area contributed by atoms with Crippen LogP contribution in [-0.4, -0.2) is 86.2 Å². The molecule has 0 spiro atoms. The van der Waals surface area contributed by atoms with E-state index < -0.39 is 0 Å². The molecule has 2 aliphatic heterocycles. The van der Waals surface area contributed by atoms with Gasteiger partial charge in [0.05, 0.1) is 5.69 Å². The van der Waals surface area contributed by atoms with Crippen LogP contribution in [0.5, 0.6) is 0 Å². The van der Waals surface area contributed by atoms with Gasteiger partial charge in [-0.15, -0.1) is 35.3 Å². The Kier molecular flexibility index (Phi) is 9.15. The fraction of sp³-hybridized carbons (Fsp3) is 0.524. The van der Waals surface area contributed by atoms with E-state index in [2.05, 4.69) is 29.6 Å². The van der Waals surface area contributed by atoms with Gasteiger partial charge in [0.2, 0.25) is 0 Å². The van der Waals surface area contributed by atoms with E-state index in [1.807, 2.05) is 23.7 Å². The molecule has 170 valence electrons. The largest absolute Gasteiger partial charge is 0.370 e. The van der Waals surface area contributed by atoms with Gasteiger partial charge in [-0.2, -0.15) is 0 Å². The first-order valence-electron chi connectivity index (χ1n) is 10.6. The summed E-state index contributed by atoms with van der Waals surface area (Å²) in [5.74, 6) is 0.515. The number of hydrogen-bond donors (Lipinski definition) is 1. The molecule has 0 aliphatic carbocycles. The van der Waals surface area contributed by atoms with Crippen molar-refractivity contribution in [2.24, 2.45) is 10.7 Å². The van der Waals surface area contributed by atoms with Gasteiger partial charge in [0.15, 0.2) is 11.1 Å². The molecule has 3 heterocycles. The lowest BCUT2D eigenvalue weighted by Crippen LogP contribution is -2.51. The molecule has 2 aromatic rings. The molecule has 10 heteroatoms. The Morgan fingerprint density at radius 3 is 2.42 bits per heavy atom. The highest BCUT2D eigenvalue weighted by Crippen LogP contribution is 2.20. The van der Waals surface area contributed by atoms with Crippen LogP contribution in [0.2, 0.25) is 0 Å². The van der Waals surface area contributed by atoms with Crippen LogP contribution in [0.4, 0.5) is 15.2 Å². The minimum absolute atomic E-state index is 0. The molecule has 1 aromatic heterocycles. The molecule has 2 N–H and O–H groups in total. The summed E-state index contributed by atoms with van der Waals surface area (Å²) in [6.45, 7) is 8.97. The smallest absolute Gasteiger partial charge is 0.191 e. The molecule has 0 unspecified atom stereocenters. The standard InChI is InChI=1S/C21H30FN7S.HI/c22-18-4-1-2-5-19(18)27-11-9-26(10-12-27)8-3-6-24-20(23)28-13-15-29(16-14-28)21-25-7-17-30-21;/h1-2,4-5,7,17H,3,6,8-16H2,(H2,23,24);1H. The van der Waals surface area contributed by atoms with E-state index in [1.165, 1.54) is 6.07 Å². The second kappa shape index (κ2) is 11.8. The molecule has 2 saturated heterocycles. The van der Waals surface area contributed by atoms with Crippen LogP contribution in [0, 0.1) is 5.82 Å². The summed E-state index contributed by atoms with van der Waals surface area (Å²) in [4.78, 5) is 18.0. The molecule has 0 saturated carbocycles. The van der Waals surface area contributed by atoms with E-state index in [0.717, 1.165) is 77.0 Å². The van der Waals surface area contributed by atoms with Crippen molar-refractivity contribution in [1.82, 2.24) is 14.8 Å². The number of aromatic nitrogens is 1. The second-order valence-electron chi connectivity index (χ2n) is 7.66. The molecule has 0 atom stereocenters. The summed E-state index contributed by atoms with van der Waals surface area (Å²) < 4.78 is 14.0. The van der Waals surface area contributed by atoms with E-state index in [-0.39, 0.29) is 29.8 Å². The van der Waals surface area contributed by atoms with Crippen molar-refractivity contribution in [3.05, 3.63) is 41.7 Å². The zero-order valence-corrected chi connectivity index (χ0v) is 20.8. The minimum atomic E-state index is -0.136. The lowest BCUT2D eigenvalue weighted by molar-refractivity contribution is 0.255. The number of guanidine groups is 1. The number of rotatable bonds is 6. The summed E-state index contributed by atoms with van der Waals surface area (Å²) in [5, 5.41) is 3.09. The highest BCUT2D eigenvalue weighted by atomic mass is 127. The zero-order valence-electron chi connectivity index (χ0n) is 17.7. The SMILES string of the molecule is I.NC(=NCCCN1CCN(c2ccccc2F)CC1)N1CCN(c2nccs2)CC1. The molecular weight excluding hydrogens is 528 g/mol. The number of piperazine rings is 2. The van der Waals surface area contributed by atoms with Gasteiger partial charge in [-0.1, -0.05) is 12.1 Å². The summed E-state index contributed by atoms with van der Waals surface area (Å²) >= 11 is 1.68. The van der Waals surface area contributed by atoms with Gasteiger partial charge in [0.1, 0.15) is 5.82 Å². The number of nitrogens with zero attached hydrogens (tertiary/aromatic N) is 6. The van der Waals surface area contributed by atoms with Crippen LogP contribution in [-0.2, 0) is 0 Å². The van der Waals surface area contributed by atoms with E-state index in [0.29, 0.717) is 11.6 Å². The van der Waals surface area contributed by atoms with Crippen molar-refractivity contribution in [3.8, 4) is 0 Å². The maximum absolute atomic E-state index is 14.0. The summed E-state index contributed by atoms with van der Waals surface area (Å²) in [5.41, 5.74) is 6.93. The lowest BCUT2D eigenvalue weighted by atomic mass is 10.2. The van der Waals surface area contributed by atoms with Crippen molar-refractivity contribution >= 4 is 52.1 Å². The Bertz CT molecular complexity index is 819. The molecule has 1 aromatic carbocycles. The van der Waals surface area contributed by atoms with Gasteiger partial charge in [-0.25, -0.2) is 9.37 Å². The van der Waals surface area contributed by atoms with Gasteiger partial charge >= 0.3 is 0 Å². The number of aliphatic imine (C=N–C) groups is 1. The summed E-state index contributed by atoms with van der Waals surface area (Å²) in [6, 6.07) is 7.02. The first kappa shape index (κ1) is 24.0. The van der Waals surface area contributed by atoms with Crippen molar-refractivity contribution in [2.45, 2.75) is 6.42 Å². The van der Waals surface area contributed by atoms with Crippen LogP contribution >= 0.6 is 35.3 Å². The molecule has 2 fully saturated rings. The molecule has 31 heavy (non-hydrogen) atoms. The third kappa shape index (κ3) is 6.42. The van der Waals surface area contributed by atoms with Gasteiger partial charge in [0.25, 0.3) is 0 Å². The van der Waals surface area contributed by atoms with Gasteiger partial charge in [-0.3, -0.25) is 9.89 Å². The molecule has 2 aliphatic rings. The molecule has 0 amide bonds. The molecule has 0 radical (unpaired) electrons. The molecule has 0 bridgehead atoms. The van der Waals surface area contributed by atoms with Crippen molar-refractivity contribution in [1.29, 1.82) is 0 Å². The third-order valence-corrected chi connectivity index (χ3v) is 6.60. The highest BCUT2D eigenvalue weighted by Gasteiger charge is 2.20. The van der Waals surface area contributed by atoms with Gasteiger partial charge < -0.3 is 20.4 Å². The van der Waals surface area contributed by atoms with E-state index >= 15 is 0 Å². The highest BCUT2D eigenvalue weighted by molar-refractivity contribution is 14.0. The third-order valence-electron chi connectivity index (χ3n) is 5.77. The number of halogens is 2. The number of para-hydroxylation sites is 1. The summed E-state index contributed by atoms with van der Waals surface area (Å²) in [7, 11) is 0. The molecule has 7 nitrogen and oxygen atoms in total. The molecular formula is C21H31FIN7S. The summed E-state index contributed by atoms with van der Waals surface area (Å²) in [6.07, 6.45) is 2.83. The van der Waals surface area contributed by atoms with Gasteiger partial charge in [-0.05, 0) is 18.6 Å². The number of anilines is 2. The average Bonchev–Trinajstić information content (AvgIpc) is 3.33. The number of thiazole rings is 1. The fourth-order valence-corrected chi connectivity index (χ4v) is 4.70. The number of hydrogen-bond acceptors (Lipinski definition) is 6. The lowest BCUT2D eigenvalue weighted by Gasteiger charge is -2.36. The van der Waals surface area contributed by atoms with Crippen molar-refractivity contribution in [3.63, 3.8) is 0 Å². The van der Waals surface area contributed by atoms with Crippen LogP contribution in [0.25, 0.3) is 0 Å². The number of nitrogens with two attached hydrogens (primary N) is 1. The maximum atomic E-state index is 14.0. The van der Waals surface area contributed by atoms with E-state index in [4.69, 9.17) is 5.73 Å². The van der Waals surface area contributed by atoms with Crippen LogP contribution < -0.4 is 15.5 Å². The quantitative estimate of drug-likeness (QED) is 0.254. The Morgan fingerprint density at radius 1 is 1.03 bits per heavy atom. The maximum Gasteiger partial charge on any atom is 0.191 e. The Labute approximate surface area is 204 Å². The van der Waals surface area contributed by atoms with Crippen molar-refractivity contribution < 1.29 is 4.39 Å². The van der Waals surface area contributed by atoms with Crippen LogP contribution in [0.1, 0.15) is 6.42 Å². The van der Waals surface area contributed by atoms with Crippen molar-refractivity contribution in [2.75, 3.05) is 75.2 Å². The van der Waals surface area contributed by atoms with Crippen LogP contribution in [0.3, 0.4) is 0 Å². The Morgan fingerprint density at radius 2 is 1.74 bits per heavy atom. The monoisotopic (exact) mass is 559 g/mol. The average molecular weight is 559 g/mol. The van der Waals surface area contributed by atoms with Crippen LogP contribution in [0.15, 0.2) is 40.8 Å². The van der Waals surface area contributed by atoms with Gasteiger partial charge in [0, 0.05) is 77.0 Å². The normalized spacial score (nSPS) is 18.2. The zero-order chi connectivity index (χ0) is 20.8. The minimum Gasteiger partial charge on any atom is -0.370 e. The topological polar surface area (TPSA) is 64.2 Å². The predicted molar refractivity (Wildman–Crippen MR) is 137 cm³/mol. The Hall–Kier alpha value is -1.66. The predicted octanol–water partition coefficient (Wildman–Crippen LogP) is 2.55. The number of benzene rings is 1. The Balaban J connectivity index is 0.00000272. The fourth-order valence-electron chi connectivity index (χ4n) is 4.01. The molecule has 4 rings (SSSR count). The first-order chi connectivity index (χ1) is 14.7.